The third kappa shape index (κ3) is 5.37. The number of hydrogen-bond donors (Lipinski definition) is 1. The Hall–Kier alpha value is -0.810. The molecule has 3 nitrogen and oxygen atoms in total. The van der Waals surface area contributed by atoms with Gasteiger partial charge in [0.15, 0.2) is 5.17 Å². The average molecular weight is 296 g/mol. The van der Waals surface area contributed by atoms with Gasteiger partial charge in [0.05, 0.1) is 0 Å². The van der Waals surface area contributed by atoms with Gasteiger partial charge < -0.3 is 5.32 Å². The van der Waals surface area contributed by atoms with Crippen molar-refractivity contribution in [3.05, 3.63) is 35.9 Å². The zero-order chi connectivity index (χ0) is 13.5. The van der Waals surface area contributed by atoms with Crippen molar-refractivity contribution in [1.29, 1.82) is 0 Å². The molecule has 1 aromatic carbocycles. The Kier molecular flexibility index (Phi) is 5.92. The Morgan fingerprint density at radius 2 is 2.21 bits per heavy atom. The number of amidine groups is 1. The summed E-state index contributed by atoms with van der Waals surface area (Å²) in [5.74, 6) is 1.82. The van der Waals surface area contributed by atoms with Gasteiger partial charge in [-0.1, -0.05) is 42.1 Å². The first-order chi connectivity index (χ1) is 9.24. The first kappa shape index (κ1) is 14.6. The van der Waals surface area contributed by atoms with Crippen molar-refractivity contribution in [2.75, 3.05) is 24.3 Å². The molecule has 0 spiro atoms. The van der Waals surface area contributed by atoms with Crippen molar-refractivity contribution < 1.29 is 4.21 Å². The van der Waals surface area contributed by atoms with Gasteiger partial charge in [0.1, 0.15) is 0 Å². The van der Waals surface area contributed by atoms with Crippen LogP contribution in [0.5, 0.6) is 0 Å². The maximum absolute atomic E-state index is 10.9. The van der Waals surface area contributed by atoms with Crippen LogP contribution in [0.4, 0.5) is 0 Å². The Labute approximate surface area is 121 Å². The van der Waals surface area contributed by atoms with Crippen molar-refractivity contribution in [2.45, 2.75) is 18.9 Å². The molecule has 5 heteroatoms. The van der Waals surface area contributed by atoms with Crippen LogP contribution in [0.2, 0.25) is 0 Å². The highest BCUT2D eigenvalue weighted by atomic mass is 32.2. The first-order valence-corrected chi connectivity index (χ1v) is 9.23. The van der Waals surface area contributed by atoms with E-state index in [4.69, 9.17) is 0 Å². The van der Waals surface area contributed by atoms with Crippen molar-refractivity contribution in [1.82, 2.24) is 5.32 Å². The molecule has 2 atom stereocenters. The van der Waals surface area contributed by atoms with Crippen molar-refractivity contribution in [2.24, 2.45) is 4.99 Å². The minimum atomic E-state index is -0.699. The largest absolute Gasteiger partial charge is 0.361 e. The average Bonchev–Trinajstić information content (AvgIpc) is 2.83. The summed E-state index contributed by atoms with van der Waals surface area (Å²) in [6, 6.07) is 11.0. The highest BCUT2D eigenvalue weighted by Crippen LogP contribution is 2.17. The van der Waals surface area contributed by atoms with Gasteiger partial charge in [0.25, 0.3) is 0 Å². The molecule has 1 heterocycles. The zero-order valence-electron chi connectivity index (χ0n) is 11.2. The number of benzene rings is 1. The monoisotopic (exact) mass is 296 g/mol. The molecule has 2 unspecified atom stereocenters. The molecule has 0 amide bonds. The summed E-state index contributed by atoms with van der Waals surface area (Å²) in [5, 5.41) is 4.51. The van der Waals surface area contributed by atoms with Crippen molar-refractivity contribution in [3.63, 3.8) is 0 Å². The molecular weight excluding hydrogens is 276 g/mol. The second kappa shape index (κ2) is 7.70. The topological polar surface area (TPSA) is 41.5 Å². The minimum Gasteiger partial charge on any atom is -0.361 e. The Bertz CT molecular complexity index is 448. The van der Waals surface area contributed by atoms with Gasteiger partial charge in [-0.15, -0.1) is 0 Å². The van der Waals surface area contributed by atoms with E-state index in [0.717, 1.165) is 36.1 Å². The number of hydrogen-bond acceptors (Lipinski definition) is 3. The van der Waals surface area contributed by atoms with Crippen LogP contribution in [-0.2, 0) is 17.2 Å². The van der Waals surface area contributed by atoms with Gasteiger partial charge >= 0.3 is 0 Å². The summed E-state index contributed by atoms with van der Waals surface area (Å²) >= 11 is 1.79. The van der Waals surface area contributed by atoms with E-state index in [1.54, 1.807) is 18.0 Å². The molecule has 0 radical (unpaired) electrons. The summed E-state index contributed by atoms with van der Waals surface area (Å²) in [5.41, 5.74) is 1.36. The lowest BCUT2D eigenvalue weighted by molar-refractivity contribution is 0.681. The summed E-state index contributed by atoms with van der Waals surface area (Å²) in [4.78, 5) is 4.52. The number of nitrogens with one attached hydrogen (secondary N) is 1. The molecule has 1 aliphatic rings. The first-order valence-electron chi connectivity index (χ1n) is 6.52. The number of nitrogens with zero attached hydrogens (tertiary/aromatic N) is 1. The van der Waals surface area contributed by atoms with Crippen LogP contribution >= 0.6 is 11.8 Å². The summed E-state index contributed by atoms with van der Waals surface area (Å²) < 4.78 is 10.9. The molecule has 0 aliphatic carbocycles. The van der Waals surface area contributed by atoms with Crippen LogP contribution < -0.4 is 5.32 Å². The molecule has 0 saturated carbocycles. The fraction of sp³-hybridized carbons (Fsp3) is 0.500. The summed E-state index contributed by atoms with van der Waals surface area (Å²) in [6.45, 7) is 0.771. The molecule has 0 bridgehead atoms. The zero-order valence-corrected chi connectivity index (χ0v) is 12.8. The van der Waals surface area contributed by atoms with Crippen molar-refractivity contribution >= 4 is 27.7 Å². The Morgan fingerprint density at radius 3 is 2.95 bits per heavy atom. The van der Waals surface area contributed by atoms with E-state index in [1.807, 2.05) is 6.07 Å². The van der Waals surface area contributed by atoms with Crippen LogP contribution in [0.25, 0.3) is 0 Å². The van der Waals surface area contributed by atoms with Gasteiger partial charge in [0.2, 0.25) is 0 Å². The van der Waals surface area contributed by atoms with Gasteiger partial charge in [-0.05, 0) is 18.4 Å². The van der Waals surface area contributed by atoms with Gasteiger partial charge in [0, 0.05) is 41.1 Å². The quantitative estimate of drug-likeness (QED) is 0.817. The number of aliphatic imine (C=N–C) groups is 1. The predicted molar refractivity (Wildman–Crippen MR) is 85.4 cm³/mol. The third-order valence-electron chi connectivity index (χ3n) is 2.92. The van der Waals surface area contributed by atoms with E-state index < -0.39 is 10.8 Å². The number of rotatable bonds is 6. The molecule has 2 rings (SSSR count). The summed E-state index contributed by atoms with van der Waals surface area (Å²) in [6.07, 6.45) is 3.69. The lowest BCUT2D eigenvalue weighted by Gasteiger charge is -2.09. The molecule has 0 aromatic heterocycles. The maximum Gasteiger partial charge on any atom is 0.156 e. The lowest BCUT2D eigenvalue weighted by atomic mass is 10.1. The lowest BCUT2D eigenvalue weighted by Crippen LogP contribution is -2.29. The highest BCUT2D eigenvalue weighted by molar-refractivity contribution is 8.14. The van der Waals surface area contributed by atoms with Gasteiger partial charge in [-0.3, -0.25) is 9.20 Å². The fourth-order valence-corrected chi connectivity index (χ4v) is 3.51. The SMILES string of the molecule is CS(=O)CCCN=C1NC(Cc2ccccc2)CS1. The van der Waals surface area contributed by atoms with E-state index in [1.165, 1.54) is 5.56 Å². The van der Waals surface area contributed by atoms with E-state index in [9.17, 15) is 4.21 Å². The number of thioether (sulfide) groups is 1. The van der Waals surface area contributed by atoms with Crippen molar-refractivity contribution in [3.8, 4) is 0 Å². The molecule has 19 heavy (non-hydrogen) atoms. The van der Waals surface area contributed by atoms with Gasteiger partial charge in [-0.25, -0.2) is 0 Å². The minimum absolute atomic E-state index is 0.478. The molecular formula is C14H20N2OS2. The van der Waals surface area contributed by atoms with E-state index in [0.29, 0.717) is 6.04 Å². The van der Waals surface area contributed by atoms with E-state index in [-0.39, 0.29) is 0 Å². The van der Waals surface area contributed by atoms with Crippen LogP contribution in [0.15, 0.2) is 35.3 Å². The third-order valence-corrected chi connectivity index (χ3v) is 4.87. The van der Waals surface area contributed by atoms with E-state index >= 15 is 0 Å². The Balaban J connectivity index is 1.73. The maximum atomic E-state index is 10.9. The highest BCUT2D eigenvalue weighted by Gasteiger charge is 2.19. The van der Waals surface area contributed by atoms with Gasteiger partial charge in [-0.2, -0.15) is 0 Å². The van der Waals surface area contributed by atoms with Crippen LogP contribution in [0, 0.1) is 0 Å². The smallest absolute Gasteiger partial charge is 0.156 e. The molecule has 1 aliphatic heterocycles. The van der Waals surface area contributed by atoms with Crippen LogP contribution in [0.3, 0.4) is 0 Å². The second-order valence-corrected chi connectivity index (χ2v) is 7.22. The predicted octanol–water partition coefficient (Wildman–Crippen LogP) is 2.06. The van der Waals surface area contributed by atoms with Crippen LogP contribution in [-0.4, -0.2) is 39.7 Å². The summed E-state index contributed by atoms with van der Waals surface area (Å²) in [7, 11) is -0.699. The standard InChI is InChI=1S/C14H20N2OS2/c1-19(17)9-5-8-15-14-16-13(11-18-14)10-12-6-3-2-4-7-12/h2-4,6-7,13H,5,8-11H2,1H3,(H,15,16). The molecule has 1 saturated heterocycles. The fourth-order valence-electron chi connectivity index (χ4n) is 1.99. The molecule has 1 fully saturated rings. The van der Waals surface area contributed by atoms with Crippen LogP contribution in [0.1, 0.15) is 12.0 Å². The normalized spacial score (nSPS) is 22.4. The molecule has 1 aromatic rings. The van der Waals surface area contributed by atoms with E-state index in [2.05, 4.69) is 34.6 Å². The second-order valence-electron chi connectivity index (χ2n) is 4.66. The molecule has 1 N–H and O–H groups in total. The molecule has 104 valence electrons. The Morgan fingerprint density at radius 1 is 1.42 bits per heavy atom.